The van der Waals surface area contributed by atoms with Gasteiger partial charge in [0.1, 0.15) is 6.33 Å². The van der Waals surface area contributed by atoms with Crippen molar-refractivity contribution < 1.29 is 4.79 Å². The molecule has 1 aliphatic carbocycles. The molecule has 21 heavy (non-hydrogen) atoms. The van der Waals surface area contributed by atoms with Crippen LogP contribution in [-0.4, -0.2) is 38.6 Å². The molecule has 1 aromatic heterocycles. The highest BCUT2D eigenvalue weighted by atomic mass is 16.2. The molecule has 0 radical (unpaired) electrons. The third kappa shape index (κ3) is 2.33. The van der Waals surface area contributed by atoms with E-state index in [-0.39, 0.29) is 5.91 Å². The van der Waals surface area contributed by atoms with Crippen LogP contribution in [0.3, 0.4) is 0 Å². The number of hydrogen-bond donors (Lipinski definition) is 1. The Kier molecular flexibility index (Phi) is 2.98. The van der Waals surface area contributed by atoms with Crippen molar-refractivity contribution in [3.05, 3.63) is 36.2 Å². The first-order chi connectivity index (χ1) is 10.3. The lowest BCUT2D eigenvalue weighted by molar-refractivity contribution is 0.0721. The van der Waals surface area contributed by atoms with Crippen LogP contribution in [0.2, 0.25) is 0 Å². The van der Waals surface area contributed by atoms with Crippen molar-refractivity contribution in [3.63, 3.8) is 0 Å². The minimum atomic E-state index is 0.158. The summed E-state index contributed by atoms with van der Waals surface area (Å²) < 4.78 is 0. The molecule has 1 unspecified atom stereocenters. The molecular weight excluding hydrogens is 264 g/mol. The Morgan fingerprint density at radius 3 is 2.95 bits per heavy atom. The van der Waals surface area contributed by atoms with Crippen molar-refractivity contribution in [3.8, 4) is 11.4 Å². The van der Waals surface area contributed by atoms with Crippen LogP contribution < -0.4 is 0 Å². The van der Waals surface area contributed by atoms with Crippen LogP contribution in [0.4, 0.5) is 0 Å². The van der Waals surface area contributed by atoms with Crippen molar-refractivity contribution in [1.82, 2.24) is 20.1 Å². The van der Waals surface area contributed by atoms with Gasteiger partial charge in [-0.25, -0.2) is 4.98 Å². The normalized spacial score (nSPS) is 21.7. The molecule has 1 N–H and O–H groups in total. The third-order valence-electron chi connectivity index (χ3n) is 4.52. The molecule has 2 aliphatic rings. The quantitative estimate of drug-likeness (QED) is 0.940. The van der Waals surface area contributed by atoms with Crippen LogP contribution in [0.5, 0.6) is 0 Å². The number of likely N-dealkylation sites (tertiary alicyclic amines) is 1. The lowest BCUT2D eigenvalue weighted by Gasteiger charge is -2.24. The number of rotatable bonds is 3. The average molecular weight is 282 g/mol. The predicted molar refractivity (Wildman–Crippen MR) is 78.6 cm³/mol. The minimum absolute atomic E-state index is 0.158. The second-order valence-electron chi connectivity index (χ2n) is 5.96. The molecule has 5 nitrogen and oxygen atoms in total. The summed E-state index contributed by atoms with van der Waals surface area (Å²) in [5, 5.41) is 6.70. The lowest BCUT2D eigenvalue weighted by atomic mass is 10.1. The molecule has 5 heteroatoms. The largest absolute Gasteiger partial charge is 0.335 e. The monoisotopic (exact) mass is 282 g/mol. The first-order valence-corrected chi connectivity index (χ1v) is 7.60. The SMILES string of the molecule is O=C(c1cccc(-c2ncn[nH]2)c1)N1CCCC1C1CC1. The minimum Gasteiger partial charge on any atom is -0.335 e. The molecule has 1 saturated heterocycles. The molecule has 0 spiro atoms. The topological polar surface area (TPSA) is 61.9 Å². The highest BCUT2D eigenvalue weighted by Gasteiger charge is 2.40. The van der Waals surface area contributed by atoms with E-state index in [1.807, 2.05) is 24.3 Å². The number of amides is 1. The molecule has 4 rings (SSSR count). The number of H-pyrrole nitrogens is 1. The van der Waals surface area contributed by atoms with Gasteiger partial charge >= 0.3 is 0 Å². The fourth-order valence-corrected chi connectivity index (χ4v) is 3.33. The van der Waals surface area contributed by atoms with Gasteiger partial charge < -0.3 is 4.90 Å². The molecule has 1 amide bonds. The van der Waals surface area contributed by atoms with Crippen molar-refractivity contribution in [2.75, 3.05) is 6.54 Å². The maximum Gasteiger partial charge on any atom is 0.254 e. The van der Waals surface area contributed by atoms with Crippen LogP contribution in [0.15, 0.2) is 30.6 Å². The maximum atomic E-state index is 12.8. The van der Waals surface area contributed by atoms with Gasteiger partial charge in [-0.3, -0.25) is 9.89 Å². The summed E-state index contributed by atoms with van der Waals surface area (Å²) in [5.74, 6) is 1.60. The number of carbonyl (C=O) groups excluding carboxylic acids is 1. The van der Waals surface area contributed by atoms with Crippen LogP contribution in [0.1, 0.15) is 36.0 Å². The fourth-order valence-electron chi connectivity index (χ4n) is 3.33. The summed E-state index contributed by atoms with van der Waals surface area (Å²) in [6.07, 6.45) is 6.35. The van der Waals surface area contributed by atoms with Crippen LogP contribution >= 0.6 is 0 Å². The van der Waals surface area contributed by atoms with E-state index in [0.29, 0.717) is 11.9 Å². The van der Waals surface area contributed by atoms with Crippen molar-refractivity contribution in [1.29, 1.82) is 0 Å². The molecule has 0 bridgehead atoms. The summed E-state index contributed by atoms with van der Waals surface area (Å²) >= 11 is 0. The molecule has 1 saturated carbocycles. The van der Waals surface area contributed by atoms with E-state index in [2.05, 4.69) is 20.1 Å². The Labute approximate surface area is 123 Å². The molecule has 108 valence electrons. The second-order valence-corrected chi connectivity index (χ2v) is 5.96. The average Bonchev–Trinajstić information content (AvgIpc) is 3.05. The van der Waals surface area contributed by atoms with Gasteiger partial charge in [0, 0.05) is 23.7 Å². The van der Waals surface area contributed by atoms with Crippen LogP contribution in [-0.2, 0) is 0 Å². The van der Waals surface area contributed by atoms with E-state index < -0.39 is 0 Å². The standard InChI is InChI=1S/C16H18N4O/c21-16(20-8-2-5-14(20)11-6-7-11)13-4-1-3-12(9-13)15-17-10-18-19-15/h1,3-4,9-11,14H,2,5-8H2,(H,17,18,19). The molecule has 1 atom stereocenters. The van der Waals surface area contributed by atoms with E-state index in [4.69, 9.17) is 0 Å². The van der Waals surface area contributed by atoms with E-state index in [9.17, 15) is 4.79 Å². The molecule has 2 aromatic rings. The van der Waals surface area contributed by atoms with Gasteiger partial charge in [0.05, 0.1) is 0 Å². The van der Waals surface area contributed by atoms with E-state index in [1.54, 1.807) is 0 Å². The number of benzene rings is 1. The highest BCUT2D eigenvalue weighted by Crippen LogP contribution is 2.40. The highest BCUT2D eigenvalue weighted by molar-refractivity contribution is 5.95. The number of nitrogens with zero attached hydrogens (tertiary/aromatic N) is 3. The summed E-state index contributed by atoms with van der Waals surface area (Å²) in [6, 6.07) is 8.12. The molecule has 1 aliphatic heterocycles. The zero-order valence-corrected chi connectivity index (χ0v) is 11.8. The Hall–Kier alpha value is -2.17. The zero-order chi connectivity index (χ0) is 14.2. The number of hydrogen-bond acceptors (Lipinski definition) is 3. The second kappa shape index (κ2) is 4.98. The van der Waals surface area contributed by atoms with Gasteiger partial charge in [-0.05, 0) is 43.7 Å². The van der Waals surface area contributed by atoms with Crippen molar-refractivity contribution >= 4 is 5.91 Å². The van der Waals surface area contributed by atoms with Crippen LogP contribution in [0, 0.1) is 5.92 Å². The zero-order valence-electron chi connectivity index (χ0n) is 11.8. The van der Waals surface area contributed by atoms with Crippen molar-refractivity contribution in [2.45, 2.75) is 31.7 Å². The summed E-state index contributed by atoms with van der Waals surface area (Å²) in [5.41, 5.74) is 1.65. The van der Waals surface area contributed by atoms with Crippen molar-refractivity contribution in [2.24, 2.45) is 5.92 Å². The smallest absolute Gasteiger partial charge is 0.254 e. The Balaban J connectivity index is 1.60. The lowest BCUT2D eigenvalue weighted by Crippen LogP contribution is -2.36. The molecule has 2 heterocycles. The van der Waals surface area contributed by atoms with Gasteiger partial charge in [-0.2, -0.15) is 5.10 Å². The Morgan fingerprint density at radius 2 is 2.19 bits per heavy atom. The first-order valence-electron chi connectivity index (χ1n) is 7.60. The summed E-state index contributed by atoms with van der Waals surface area (Å²) in [6.45, 7) is 0.895. The van der Waals surface area contributed by atoms with Gasteiger partial charge in [-0.15, -0.1) is 0 Å². The molecular formula is C16H18N4O. The third-order valence-corrected chi connectivity index (χ3v) is 4.52. The Morgan fingerprint density at radius 1 is 1.29 bits per heavy atom. The van der Waals surface area contributed by atoms with Gasteiger partial charge in [0.25, 0.3) is 5.91 Å². The van der Waals surface area contributed by atoms with E-state index in [0.717, 1.165) is 36.4 Å². The number of aromatic amines is 1. The number of carbonyl (C=O) groups is 1. The first kappa shape index (κ1) is 12.6. The van der Waals surface area contributed by atoms with E-state index in [1.165, 1.54) is 19.2 Å². The van der Waals surface area contributed by atoms with Gasteiger partial charge in [-0.1, -0.05) is 12.1 Å². The number of aromatic nitrogens is 3. The van der Waals surface area contributed by atoms with Crippen LogP contribution in [0.25, 0.3) is 11.4 Å². The van der Waals surface area contributed by atoms with E-state index >= 15 is 0 Å². The molecule has 1 aromatic carbocycles. The molecule has 2 fully saturated rings. The summed E-state index contributed by atoms with van der Waals surface area (Å²) in [4.78, 5) is 19.0. The maximum absolute atomic E-state index is 12.8. The fraction of sp³-hybridized carbons (Fsp3) is 0.438. The van der Waals surface area contributed by atoms with Gasteiger partial charge in [0.15, 0.2) is 5.82 Å². The number of nitrogens with one attached hydrogen (secondary N) is 1. The van der Waals surface area contributed by atoms with Gasteiger partial charge in [0.2, 0.25) is 0 Å². The summed E-state index contributed by atoms with van der Waals surface area (Å²) in [7, 11) is 0. The predicted octanol–water partition coefficient (Wildman–Crippen LogP) is 2.49. The Bertz CT molecular complexity index is 648.